The highest BCUT2D eigenvalue weighted by molar-refractivity contribution is 5.83. The number of benzene rings is 2. The number of H-pyrrole nitrogens is 2. The number of methoxy groups -OCH3 is 1. The van der Waals surface area contributed by atoms with Gasteiger partial charge in [-0.05, 0) is 71.6 Å². The van der Waals surface area contributed by atoms with E-state index in [1.807, 2.05) is 60.8 Å². The molecule has 3 aromatic heterocycles. The van der Waals surface area contributed by atoms with Crippen LogP contribution in [0, 0.1) is 0 Å². The molecule has 5 rings (SSSR count). The van der Waals surface area contributed by atoms with Gasteiger partial charge in [-0.25, -0.2) is 0 Å². The predicted octanol–water partition coefficient (Wildman–Crippen LogP) is 6.21. The molecule has 0 saturated heterocycles. The van der Waals surface area contributed by atoms with Crippen molar-refractivity contribution in [2.24, 2.45) is 0 Å². The quantitative estimate of drug-likeness (QED) is 0.296. The number of nitrogens with one attached hydrogen (secondary N) is 2. The Balaban J connectivity index is 1.24. The van der Waals surface area contributed by atoms with E-state index >= 15 is 0 Å². The van der Waals surface area contributed by atoms with Crippen LogP contribution in [0.4, 0.5) is 0 Å². The number of fused-ring (bicyclic) bond motifs is 1. The number of aromatic amines is 2. The molecule has 0 aliphatic heterocycles. The van der Waals surface area contributed by atoms with Gasteiger partial charge in [-0.3, -0.25) is 10.1 Å². The zero-order valence-corrected chi connectivity index (χ0v) is 18.7. The second-order valence-electron chi connectivity index (χ2n) is 7.79. The number of nitrogens with zero attached hydrogens (tertiary/aromatic N) is 2. The molecule has 168 valence electrons. The zero-order chi connectivity index (χ0) is 23.2. The Morgan fingerprint density at radius 3 is 2.79 bits per heavy atom. The van der Waals surface area contributed by atoms with Crippen molar-refractivity contribution in [3.63, 3.8) is 0 Å². The first-order chi connectivity index (χ1) is 16.8. The van der Waals surface area contributed by atoms with Gasteiger partial charge in [0, 0.05) is 41.3 Å². The molecule has 0 bridgehead atoms. The fourth-order valence-corrected chi connectivity index (χ4v) is 3.63. The number of hydrogen-bond acceptors (Lipinski definition) is 4. The number of hydrogen-bond donors (Lipinski definition) is 2. The topological polar surface area (TPSA) is 75.8 Å². The number of ether oxygens (including phenoxy) is 2. The Kier molecular flexibility index (Phi) is 6.21. The Labute approximate surface area is 197 Å². The Hall–Kier alpha value is -4.58. The molecule has 0 aliphatic rings. The van der Waals surface area contributed by atoms with Crippen molar-refractivity contribution in [1.29, 1.82) is 0 Å². The van der Waals surface area contributed by atoms with Gasteiger partial charge in [0.15, 0.2) is 0 Å². The minimum atomic E-state index is 0.454. The highest BCUT2D eigenvalue weighted by Gasteiger charge is 2.04. The number of rotatable bonds is 8. The first kappa shape index (κ1) is 21.3. The van der Waals surface area contributed by atoms with Gasteiger partial charge in [0.2, 0.25) is 0 Å². The van der Waals surface area contributed by atoms with Gasteiger partial charge in [0.05, 0.1) is 18.5 Å². The van der Waals surface area contributed by atoms with Gasteiger partial charge < -0.3 is 14.5 Å². The molecule has 0 fully saturated rings. The van der Waals surface area contributed by atoms with E-state index in [1.165, 1.54) is 5.39 Å². The fourth-order valence-electron chi connectivity index (χ4n) is 3.63. The lowest BCUT2D eigenvalue weighted by molar-refractivity contribution is 0.303. The van der Waals surface area contributed by atoms with Crippen LogP contribution in [0.2, 0.25) is 0 Å². The first-order valence-electron chi connectivity index (χ1n) is 11.0. The maximum atomic E-state index is 5.87. The SMILES string of the molecule is COc1cc(OCc2cccnc2)ccc1C=Cc1cc(C=Cc2ccc3[nH]ccc3c2)n[nH]1. The standard InChI is InChI=1S/C28H24N4O2/c1-33-28-17-26(34-19-21-3-2-13-29-18-21)10-7-22(28)6-9-25-16-24(31-32-25)8-4-20-5-11-27-23(15-20)12-14-30-27/h2-18,30H,19H2,1H3,(H,31,32). The third-order valence-corrected chi connectivity index (χ3v) is 5.42. The van der Waals surface area contributed by atoms with Gasteiger partial charge in [-0.15, -0.1) is 0 Å². The van der Waals surface area contributed by atoms with Crippen LogP contribution in [0.25, 0.3) is 35.2 Å². The second-order valence-corrected chi connectivity index (χ2v) is 7.79. The van der Waals surface area contributed by atoms with Gasteiger partial charge in [-0.1, -0.05) is 18.2 Å². The van der Waals surface area contributed by atoms with E-state index in [1.54, 1.807) is 19.5 Å². The molecule has 0 unspecified atom stereocenters. The number of aromatic nitrogens is 4. The minimum absolute atomic E-state index is 0.454. The molecule has 0 radical (unpaired) electrons. The zero-order valence-electron chi connectivity index (χ0n) is 18.7. The summed E-state index contributed by atoms with van der Waals surface area (Å²) in [4.78, 5) is 7.32. The van der Waals surface area contributed by atoms with Gasteiger partial charge in [-0.2, -0.15) is 5.10 Å². The molecule has 6 nitrogen and oxygen atoms in total. The molecule has 0 amide bonds. The highest BCUT2D eigenvalue weighted by atomic mass is 16.5. The maximum Gasteiger partial charge on any atom is 0.129 e. The maximum absolute atomic E-state index is 5.87. The van der Waals surface area contributed by atoms with E-state index in [0.29, 0.717) is 6.61 Å². The van der Waals surface area contributed by atoms with Crippen LogP contribution in [0.1, 0.15) is 28.1 Å². The van der Waals surface area contributed by atoms with Crippen LogP contribution in [0.15, 0.2) is 79.3 Å². The van der Waals surface area contributed by atoms with Crippen molar-refractivity contribution in [2.75, 3.05) is 7.11 Å². The average molecular weight is 449 g/mol. The summed E-state index contributed by atoms with van der Waals surface area (Å²) < 4.78 is 11.4. The van der Waals surface area contributed by atoms with E-state index in [9.17, 15) is 0 Å². The van der Waals surface area contributed by atoms with Gasteiger partial charge >= 0.3 is 0 Å². The van der Waals surface area contributed by atoms with Crippen LogP contribution >= 0.6 is 0 Å². The molecular weight excluding hydrogens is 424 g/mol. The summed E-state index contributed by atoms with van der Waals surface area (Å²) in [6, 6.07) is 20.0. The van der Waals surface area contributed by atoms with Crippen molar-refractivity contribution in [3.8, 4) is 11.5 Å². The molecule has 0 saturated carbocycles. The molecule has 0 atom stereocenters. The molecule has 3 heterocycles. The molecule has 6 heteroatoms. The summed E-state index contributed by atoms with van der Waals surface area (Å²) in [7, 11) is 1.65. The van der Waals surface area contributed by atoms with Gasteiger partial charge in [0.25, 0.3) is 0 Å². The lowest BCUT2D eigenvalue weighted by Crippen LogP contribution is -1.96. The lowest BCUT2D eigenvalue weighted by Gasteiger charge is -2.10. The largest absolute Gasteiger partial charge is 0.496 e. The molecule has 0 aliphatic carbocycles. The number of pyridine rings is 1. The van der Waals surface area contributed by atoms with Crippen molar-refractivity contribution < 1.29 is 9.47 Å². The molecule has 2 N–H and O–H groups in total. The van der Waals surface area contributed by atoms with Crippen LogP contribution in [0.5, 0.6) is 11.5 Å². The lowest BCUT2D eigenvalue weighted by atomic mass is 10.1. The van der Waals surface area contributed by atoms with E-state index in [4.69, 9.17) is 9.47 Å². The predicted molar refractivity (Wildman–Crippen MR) is 136 cm³/mol. The Morgan fingerprint density at radius 2 is 1.91 bits per heavy atom. The summed E-state index contributed by atoms with van der Waals surface area (Å²) in [5, 5.41) is 8.63. The van der Waals surface area contributed by atoms with Gasteiger partial charge in [0.1, 0.15) is 18.1 Å². The van der Waals surface area contributed by atoms with Crippen molar-refractivity contribution in [1.82, 2.24) is 20.2 Å². The van der Waals surface area contributed by atoms with E-state index in [-0.39, 0.29) is 0 Å². The Morgan fingerprint density at radius 1 is 0.941 bits per heavy atom. The molecular formula is C28H24N4O2. The monoisotopic (exact) mass is 448 g/mol. The van der Waals surface area contributed by atoms with Crippen molar-refractivity contribution >= 4 is 35.2 Å². The van der Waals surface area contributed by atoms with Crippen molar-refractivity contribution in [2.45, 2.75) is 6.61 Å². The second kappa shape index (κ2) is 9.92. The molecule has 5 aromatic rings. The molecule has 34 heavy (non-hydrogen) atoms. The van der Waals surface area contributed by atoms with Crippen LogP contribution < -0.4 is 9.47 Å². The van der Waals surface area contributed by atoms with Crippen molar-refractivity contribution in [3.05, 3.63) is 107 Å². The summed E-state index contributed by atoms with van der Waals surface area (Å²) >= 11 is 0. The third kappa shape index (κ3) is 5.07. The normalized spacial score (nSPS) is 11.6. The minimum Gasteiger partial charge on any atom is -0.496 e. The third-order valence-electron chi connectivity index (χ3n) is 5.42. The van der Waals surface area contributed by atoms with Crippen LogP contribution in [0.3, 0.4) is 0 Å². The van der Waals surface area contributed by atoms with E-state index < -0.39 is 0 Å². The first-order valence-corrected chi connectivity index (χ1v) is 11.0. The smallest absolute Gasteiger partial charge is 0.129 e. The van der Waals surface area contributed by atoms with E-state index in [2.05, 4.69) is 50.5 Å². The highest BCUT2D eigenvalue weighted by Crippen LogP contribution is 2.27. The van der Waals surface area contributed by atoms with E-state index in [0.717, 1.165) is 45.1 Å². The molecule has 0 spiro atoms. The summed E-state index contributed by atoms with van der Waals surface area (Å²) in [5.74, 6) is 1.48. The Bertz CT molecular complexity index is 1450. The molecule has 2 aromatic carbocycles. The summed E-state index contributed by atoms with van der Waals surface area (Å²) in [5.41, 5.74) is 5.98. The summed E-state index contributed by atoms with van der Waals surface area (Å²) in [6.07, 6.45) is 13.5. The summed E-state index contributed by atoms with van der Waals surface area (Å²) in [6.45, 7) is 0.454. The fraction of sp³-hybridized carbons (Fsp3) is 0.0714. The van der Waals surface area contributed by atoms with Crippen LogP contribution in [-0.4, -0.2) is 27.3 Å². The average Bonchev–Trinajstić information content (AvgIpc) is 3.55. The van der Waals surface area contributed by atoms with Crippen LogP contribution in [-0.2, 0) is 6.61 Å².